The minimum absolute atomic E-state index is 0.138. The van der Waals surface area contributed by atoms with E-state index in [0.717, 1.165) is 0 Å². The van der Waals surface area contributed by atoms with Gasteiger partial charge in [0.25, 0.3) is 0 Å². The molecule has 6 heteroatoms. The van der Waals surface area contributed by atoms with Gasteiger partial charge in [0, 0.05) is 24.3 Å². The highest BCUT2D eigenvalue weighted by Crippen LogP contribution is 2.26. The Hall–Kier alpha value is -2.89. The summed E-state index contributed by atoms with van der Waals surface area (Å²) in [4.78, 5) is 26.0. The molecule has 1 aliphatic heterocycles. The SMILES string of the molecule is COc1ccc(NC(=O)[C@H]2CC(=O)N(c3ccc(F)cc3)C2)cc1. The van der Waals surface area contributed by atoms with Crippen LogP contribution < -0.4 is 15.0 Å². The number of ether oxygens (including phenoxy) is 1. The number of rotatable bonds is 4. The average molecular weight is 328 g/mol. The Morgan fingerprint density at radius 3 is 2.46 bits per heavy atom. The van der Waals surface area contributed by atoms with E-state index in [0.29, 0.717) is 17.1 Å². The first-order valence-electron chi connectivity index (χ1n) is 7.57. The van der Waals surface area contributed by atoms with Crippen LogP contribution in [0.1, 0.15) is 6.42 Å². The van der Waals surface area contributed by atoms with Crippen molar-refractivity contribution in [3.63, 3.8) is 0 Å². The predicted molar refractivity (Wildman–Crippen MR) is 88.5 cm³/mol. The molecule has 2 amide bonds. The van der Waals surface area contributed by atoms with Gasteiger partial charge in [-0.15, -0.1) is 0 Å². The van der Waals surface area contributed by atoms with Crippen molar-refractivity contribution >= 4 is 23.2 Å². The number of benzene rings is 2. The lowest BCUT2D eigenvalue weighted by atomic mass is 10.1. The first kappa shape index (κ1) is 16.0. The van der Waals surface area contributed by atoms with Crippen LogP contribution in [0.2, 0.25) is 0 Å². The maximum atomic E-state index is 13.0. The summed E-state index contributed by atoms with van der Waals surface area (Å²) in [6.07, 6.45) is 0.138. The quantitative estimate of drug-likeness (QED) is 0.939. The molecular formula is C18H17FN2O3. The summed E-state index contributed by atoms with van der Waals surface area (Å²) in [6, 6.07) is 12.7. The molecule has 1 heterocycles. The van der Waals surface area contributed by atoms with Crippen LogP contribution >= 0.6 is 0 Å². The summed E-state index contributed by atoms with van der Waals surface area (Å²) in [5.41, 5.74) is 1.25. The number of carbonyl (C=O) groups is 2. The Morgan fingerprint density at radius 2 is 1.83 bits per heavy atom. The van der Waals surface area contributed by atoms with Crippen LogP contribution in [0.25, 0.3) is 0 Å². The normalized spacial score (nSPS) is 17.0. The lowest BCUT2D eigenvalue weighted by Crippen LogP contribution is -2.28. The van der Waals surface area contributed by atoms with Crippen molar-refractivity contribution in [1.82, 2.24) is 0 Å². The summed E-state index contributed by atoms with van der Waals surface area (Å²) in [6.45, 7) is 0.284. The van der Waals surface area contributed by atoms with Gasteiger partial charge in [0.2, 0.25) is 11.8 Å². The van der Waals surface area contributed by atoms with E-state index >= 15 is 0 Å². The molecule has 1 aliphatic rings. The zero-order valence-electron chi connectivity index (χ0n) is 13.2. The van der Waals surface area contributed by atoms with E-state index in [9.17, 15) is 14.0 Å². The molecule has 2 aromatic carbocycles. The fourth-order valence-corrected chi connectivity index (χ4v) is 2.67. The van der Waals surface area contributed by atoms with Gasteiger partial charge >= 0.3 is 0 Å². The fourth-order valence-electron chi connectivity index (χ4n) is 2.67. The highest BCUT2D eigenvalue weighted by Gasteiger charge is 2.35. The Kier molecular flexibility index (Phi) is 4.46. The van der Waals surface area contributed by atoms with Gasteiger partial charge in [0.15, 0.2) is 0 Å². The van der Waals surface area contributed by atoms with Crippen LogP contribution in [0, 0.1) is 11.7 Å². The molecule has 0 radical (unpaired) electrons. The van der Waals surface area contributed by atoms with Gasteiger partial charge < -0.3 is 15.0 Å². The number of amides is 2. The largest absolute Gasteiger partial charge is 0.497 e. The predicted octanol–water partition coefficient (Wildman–Crippen LogP) is 2.83. The Labute approximate surface area is 139 Å². The topological polar surface area (TPSA) is 58.6 Å². The number of nitrogens with one attached hydrogen (secondary N) is 1. The smallest absolute Gasteiger partial charge is 0.229 e. The summed E-state index contributed by atoms with van der Waals surface area (Å²) in [5.74, 6) is -0.454. The molecule has 1 saturated heterocycles. The molecule has 3 rings (SSSR count). The monoisotopic (exact) mass is 328 g/mol. The van der Waals surface area contributed by atoms with Gasteiger partial charge in [-0.1, -0.05) is 0 Å². The van der Waals surface area contributed by atoms with Crippen molar-refractivity contribution in [3.8, 4) is 5.75 Å². The molecule has 5 nitrogen and oxygen atoms in total. The number of hydrogen-bond donors (Lipinski definition) is 1. The highest BCUT2D eigenvalue weighted by molar-refractivity contribution is 6.03. The summed E-state index contributed by atoms with van der Waals surface area (Å²) in [5, 5.41) is 2.80. The standard InChI is InChI=1S/C18H17FN2O3/c1-24-16-8-4-14(5-9-16)20-18(23)12-10-17(22)21(11-12)15-6-2-13(19)3-7-15/h2-9,12H,10-11H2,1H3,(H,20,23)/t12-/m0/s1. The van der Waals surface area contributed by atoms with Crippen LogP contribution in [-0.4, -0.2) is 25.5 Å². The second kappa shape index (κ2) is 6.70. The maximum Gasteiger partial charge on any atom is 0.229 e. The Bertz CT molecular complexity index is 744. The van der Waals surface area contributed by atoms with Crippen molar-refractivity contribution in [2.24, 2.45) is 5.92 Å². The number of nitrogens with zero attached hydrogens (tertiary/aromatic N) is 1. The first-order valence-corrected chi connectivity index (χ1v) is 7.57. The van der Waals surface area contributed by atoms with Crippen LogP contribution in [0.4, 0.5) is 15.8 Å². The Balaban J connectivity index is 1.66. The number of halogens is 1. The maximum absolute atomic E-state index is 13.0. The van der Waals surface area contributed by atoms with Crippen molar-refractivity contribution < 1.29 is 18.7 Å². The zero-order chi connectivity index (χ0) is 17.1. The van der Waals surface area contributed by atoms with E-state index < -0.39 is 5.92 Å². The van der Waals surface area contributed by atoms with E-state index in [1.165, 1.54) is 29.2 Å². The summed E-state index contributed by atoms with van der Waals surface area (Å²) in [7, 11) is 1.57. The van der Waals surface area contributed by atoms with Gasteiger partial charge in [0.1, 0.15) is 11.6 Å². The number of carbonyl (C=O) groups excluding carboxylic acids is 2. The van der Waals surface area contributed by atoms with Crippen LogP contribution in [0.3, 0.4) is 0 Å². The molecule has 1 fully saturated rings. The minimum atomic E-state index is -0.440. The highest BCUT2D eigenvalue weighted by atomic mass is 19.1. The van der Waals surface area contributed by atoms with E-state index in [1.54, 1.807) is 31.4 Å². The molecule has 1 N–H and O–H groups in total. The van der Waals surface area contributed by atoms with Gasteiger partial charge in [0.05, 0.1) is 13.0 Å². The average Bonchev–Trinajstić information content (AvgIpc) is 2.98. The third-order valence-electron chi connectivity index (χ3n) is 3.99. The summed E-state index contributed by atoms with van der Waals surface area (Å²) >= 11 is 0. The molecule has 2 aromatic rings. The molecule has 0 bridgehead atoms. The molecule has 0 spiro atoms. The third-order valence-corrected chi connectivity index (χ3v) is 3.99. The number of anilines is 2. The van der Waals surface area contributed by atoms with Crippen molar-refractivity contribution in [1.29, 1.82) is 0 Å². The van der Waals surface area contributed by atoms with Gasteiger partial charge in [-0.25, -0.2) is 4.39 Å². The second-order valence-electron chi connectivity index (χ2n) is 5.60. The van der Waals surface area contributed by atoms with Crippen molar-refractivity contribution in [3.05, 3.63) is 54.3 Å². The lowest BCUT2D eigenvalue weighted by molar-refractivity contribution is -0.122. The second-order valence-corrected chi connectivity index (χ2v) is 5.60. The molecule has 1 atom stereocenters. The van der Waals surface area contributed by atoms with E-state index in [4.69, 9.17) is 4.74 Å². The first-order chi connectivity index (χ1) is 11.6. The fraction of sp³-hybridized carbons (Fsp3) is 0.222. The van der Waals surface area contributed by atoms with Crippen LogP contribution in [-0.2, 0) is 9.59 Å². The minimum Gasteiger partial charge on any atom is -0.497 e. The van der Waals surface area contributed by atoms with Gasteiger partial charge in [-0.3, -0.25) is 9.59 Å². The molecule has 0 aliphatic carbocycles. The molecule has 0 saturated carbocycles. The molecule has 24 heavy (non-hydrogen) atoms. The summed E-state index contributed by atoms with van der Waals surface area (Å²) < 4.78 is 18.1. The van der Waals surface area contributed by atoms with Crippen molar-refractivity contribution in [2.45, 2.75) is 6.42 Å². The molecular weight excluding hydrogens is 311 g/mol. The van der Waals surface area contributed by atoms with Crippen LogP contribution in [0.5, 0.6) is 5.75 Å². The van der Waals surface area contributed by atoms with Crippen LogP contribution in [0.15, 0.2) is 48.5 Å². The number of methoxy groups -OCH3 is 1. The van der Waals surface area contributed by atoms with Gasteiger partial charge in [-0.05, 0) is 48.5 Å². The zero-order valence-corrected chi connectivity index (χ0v) is 13.2. The molecule has 0 unspecified atom stereocenters. The van der Waals surface area contributed by atoms with Crippen molar-refractivity contribution in [2.75, 3.05) is 23.9 Å². The van der Waals surface area contributed by atoms with E-state index in [-0.39, 0.29) is 30.6 Å². The number of hydrogen-bond acceptors (Lipinski definition) is 3. The third kappa shape index (κ3) is 3.37. The van der Waals surface area contributed by atoms with E-state index in [2.05, 4.69) is 5.32 Å². The molecule has 124 valence electrons. The Morgan fingerprint density at radius 1 is 1.17 bits per heavy atom. The lowest BCUT2D eigenvalue weighted by Gasteiger charge is -2.16. The molecule has 0 aromatic heterocycles. The van der Waals surface area contributed by atoms with E-state index in [1.807, 2.05) is 0 Å². The van der Waals surface area contributed by atoms with Gasteiger partial charge in [-0.2, -0.15) is 0 Å².